The second-order valence-corrected chi connectivity index (χ2v) is 4.32. The summed E-state index contributed by atoms with van der Waals surface area (Å²) in [6.45, 7) is 4.89. The Bertz CT molecular complexity index is 500. The second-order valence-electron chi connectivity index (χ2n) is 4.32. The smallest absolute Gasteiger partial charge is 0.147 e. The monoisotopic (exact) mass is 220 g/mol. The fraction of sp³-hybridized carbons (Fsp3) is 0.385. The van der Waals surface area contributed by atoms with E-state index in [4.69, 9.17) is 0 Å². The minimum Gasteiger partial charge on any atom is -0.342 e. The number of nitrogens with one attached hydrogen (secondary N) is 1. The van der Waals surface area contributed by atoms with Gasteiger partial charge >= 0.3 is 0 Å². The first-order valence-electron chi connectivity index (χ1n) is 5.57. The van der Waals surface area contributed by atoms with Crippen molar-refractivity contribution in [3.05, 3.63) is 35.8 Å². The van der Waals surface area contributed by atoms with E-state index in [-0.39, 0.29) is 11.9 Å². The van der Waals surface area contributed by atoms with Crippen LogP contribution in [0.1, 0.15) is 25.5 Å². The molecule has 0 unspecified atom stereocenters. The van der Waals surface area contributed by atoms with Crippen LogP contribution in [0.3, 0.4) is 0 Å². The van der Waals surface area contributed by atoms with Gasteiger partial charge in [-0.15, -0.1) is 0 Å². The molecule has 1 aromatic heterocycles. The van der Waals surface area contributed by atoms with E-state index in [9.17, 15) is 4.39 Å². The highest BCUT2D eigenvalue weighted by atomic mass is 19.1. The molecule has 0 aliphatic heterocycles. The van der Waals surface area contributed by atoms with Crippen molar-refractivity contribution in [3.63, 3.8) is 0 Å². The lowest BCUT2D eigenvalue weighted by atomic mass is 10.1. The summed E-state index contributed by atoms with van der Waals surface area (Å²) < 4.78 is 15.8. The maximum absolute atomic E-state index is 13.8. The molecule has 16 heavy (non-hydrogen) atoms. The van der Waals surface area contributed by atoms with E-state index in [1.54, 1.807) is 6.07 Å². The molecule has 0 aliphatic carbocycles. The number of rotatable bonds is 3. The second kappa shape index (κ2) is 4.26. The van der Waals surface area contributed by atoms with Crippen LogP contribution in [-0.4, -0.2) is 11.6 Å². The van der Waals surface area contributed by atoms with Gasteiger partial charge in [-0.25, -0.2) is 4.39 Å². The van der Waals surface area contributed by atoms with Gasteiger partial charge in [-0.05, 0) is 32.5 Å². The number of halogens is 1. The van der Waals surface area contributed by atoms with Gasteiger partial charge in [0.05, 0.1) is 5.52 Å². The van der Waals surface area contributed by atoms with E-state index in [0.717, 1.165) is 17.5 Å². The van der Waals surface area contributed by atoms with Crippen LogP contribution in [0.4, 0.5) is 4.39 Å². The number of hydrogen-bond acceptors (Lipinski definition) is 1. The van der Waals surface area contributed by atoms with Crippen molar-refractivity contribution in [1.82, 2.24) is 9.88 Å². The molecule has 1 aromatic carbocycles. The van der Waals surface area contributed by atoms with Crippen molar-refractivity contribution in [3.8, 4) is 0 Å². The van der Waals surface area contributed by atoms with Crippen LogP contribution < -0.4 is 5.32 Å². The first-order chi connectivity index (χ1) is 7.65. The average molecular weight is 220 g/mol. The lowest BCUT2D eigenvalue weighted by Crippen LogP contribution is -2.04. The Morgan fingerprint density at radius 3 is 2.75 bits per heavy atom. The molecule has 3 heteroatoms. The molecule has 0 aliphatic rings. The lowest BCUT2D eigenvalue weighted by Gasteiger charge is -2.09. The van der Waals surface area contributed by atoms with Gasteiger partial charge in [0.25, 0.3) is 0 Å². The molecule has 1 heterocycles. The number of para-hydroxylation sites is 1. The van der Waals surface area contributed by atoms with E-state index in [0.29, 0.717) is 5.52 Å². The SMILES string of the molecule is CNCc1cn(C(C)C)c2c(F)cccc12. The average Bonchev–Trinajstić information content (AvgIpc) is 2.60. The fourth-order valence-electron chi connectivity index (χ4n) is 2.08. The van der Waals surface area contributed by atoms with Crippen molar-refractivity contribution in [1.29, 1.82) is 0 Å². The van der Waals surface area contributed by atoms with E-state index in [1.165, 1.54) is 6.07 Å². The Morgan fingerprint density at radius 2 is 2.12 bits per heavy atom. The molecule has 0 spiro atoms. The zero-order valence-electron chi connectivity index (χ0n) is 9.92. The molecule has 86 valence electrons. The molecule has 2 nitrogen and oxygen atoms in total. The number of aromatic nitrogens is 1. The molecule has 2 rings (SSSR count). The Kier molecular flexibility index (Phi) is 2.97. The lowest BCUT2D eigenvalue weighted by molar-refractivity contribution is 0.587. The third-order valence-electron chi connectivity index (χ3n) is 2.81. The zero-order valence-corrected chi connectivity index (χ0v) is 9.92. The summed E-state index contributed by atoms with van der Waals surface area (Å²) in [6.07, 6.45) is 2.04. The number of nitrogens with zero attached hydrogens (tertiary/aromatic N) is 1. The molecule has 0 fully saturated rings. The Balaban J connectivity index is 2.71. The zero-order chi connectivity index (χ0) is 11.7. The van der Waals surface area contributed by atoms with Crippen molar-refractivity contribution >= 4 is 10.9 Å². The first kappa shape index (κ1) is 11.1. The maximum atomic E-state index is 13.8. The van der Waals surface area contributed by atoms with Crippen LogP contribution in [-0.2, 0) is 6.54 Å². The molecule has 0 amide bonds. The summed E-state index contributed by atoms with van der Waals surface area (Å²) in [7, 11) is 1.90. The molecular formula is C13H17FN2. The molecule has 0 atom stereocenters. The van der Waals surface area contributed by atoms with Crippen LogP contribution in [0.5, 0.6) is 0 Å². The van der Waals surface area contributed by atoms with Crippen LogP contribution in [0.25, 0.3) is 10.9 Å². The fourth-order valence-corrected chi connectivity index (χ4v) is 2.08. The van der Waals surface area contributed by atoms with E-state index in [1.807, 2.05) is 23.9 Å². The third kappa shape index (κ3) is 1.71. The highest BCUT2D eigenvalue weighted by molar-refractivity contribution is 5.84. The standard InChI is InChI=1S/C13H17FN2/c1-9(2)16-8-10(7-15-3)11-5-4-6-12(14)13(11)16/h4-6,8-9,15H,7H2,1-3H3. The minimum absolute atomic E-state index is 0.145. The van der Waals surface area contributed by atoms with Crippen LogP contribution >= 0.6 is 0 Å². The minimum atomic E-state index is -0.145. The van der Waals surface area contributed by atoms with Gasteiger partial charge < -0.3 is 9.88 Å². The molecular weight excluding hydrogens is 203 g/mol. The van der Waals surface area contributed by atoms with Gasteiger partial charge in [-0.3, -0.25) is 0 Å². The van der Waals surface area contributed by atoms with Gasteiger partial charge in [-0.2, -0.15) is 0 Å². The topological polar surface area (TPSA) is 17.0 Å². The van der Waals surface area contributed by atoms with Crippen LogP contribution in [0.2, 0.25) is 0 Å². The van der Waals surface area contributed by atoms with E-state index >= 15 is 0 Å². The Hall–Kier alpha value is -1.35. The summed E-state index contributed by atoms with van der Waals surface area (Å²) >= 11 is 0. The van der Waals surface area contributed by atoms with Gasteiger partial charge in [0.1, 0.15) is 5.82 Å². The normalized spacial score (nSPS) is 11.6. The Labute approximate surface area is 95.1 Å². The summed E-state index contributed by atoms with van der Waals surface area (Å²) in [6, 6.07) is 5.53. The maximum Gasteiger partial charge on any atom is 0.147 e. The summed E-state index contributed by atoms with van der Waals surface area (Å²) in [5.41, 5.74) is 1.86. The summed E-state index contributed by atoms with van der Waals surface area (Å²) in [5.74, 6) is -0.145. The molecule has 2 aromatic rings. The summed E-state index contributed by atoms with van der Waals surface area (Å²) in [5, 5.41) is 4.11. The third-order valence-corrected chi connectivity index (χ3v) is 2.81. The van der Waals surface area contributed by atoms with E-state index < -0.39 is 0 Å². The Morgan fingerprint density at radius 1 is 1.38 bits per heavy atom. The molecule has 0 saturated carbocycles. The van der Waals surface area contributed by atoms with Crippen molar-refractivity contribution in [2.24, 2.45) is 0 Å². The van der Waals surface area contributed by atoms with Crippen LogP contribution in [0, 0.1) is 5.82 Å². The van der Waals surface area contributed by atoms with Gasteiger partial charge in [-0.1, -0.05) is 12.1 Å². The molecule has 0 saturated heterocycles. The summed E-state index contributed by atoms with van der Waals surface area (Å²) in [4.78, 5) is 0. The van der Waals surface area contributed by atoms with Crippen LogP contribution in [0.15, 0.2) is 24.4 Å². The molecule has 1 N–H and O–H groups in total. The highest BCUT2D eigenvalue weighted by Gasteiger charge is 2.13. The van der Waals surface area contributed by atoms with Gasteiger partial charge in [0.2, 0.25) is 0 Å². The predicted molar refractivity (Wildman–Crippen MR) is 65.0 cm³/mol. The predicted octanol–water partition coefficient (Wildman–Crippen LogP) is 3.08. The van der Waals surface area contributed by atoms with E-state index in [2.05, 4.69) is 19.2 Å². The number of hydrogen-bond donors (Lipinski definition) is 1. The van der Waals surface area contributed by atoms with Gasteiger partial charge in [0, 0.05) is 24.2 Å². The van der Waals surface area contributed by atoms with Crippen molar-refractivity contribution in [2.45, 2.75) is 26.4 Å². The van der Waals surface area contributed by atoms with Crippen molar-refractivity contribution < 1.29 is 4.39 Å². The highest BCUT2D eigenvalue weighted by Crippen LogP contribution is 2.26. The first-order valence-corrected chi connectivity index (χ1v) is 5.57. The molecule has 0 bridgehead atoms. The quantitative estimate of drug-likeness (QED) is 0.841. The van der Waals surface area contributed by atoms with Crippen molar-refractivity contribution in [2.75, 3.05) is 7.05 Å². The number of fused-ring (bicyclic) bond motifs is 1. The largest absolute Gasteiger partial charge is 0.342 e. The molecule has 0 radical (unpaired) electrons. The van der Waals surface area contributed by atoms with Gasteiger partial charge in [0.15, 0.2) is 0 Å². The number of benzene rings is 1.